The highest BCUT2D eigenvalue weighted by Crippen LogP contribution is 2.27. The summed E-state index contributed by atoms with van der Waals surface area (Å²) in [6.45, 7) is 0. The van der Waals surface area contributed by atoms with Gasteiger partial charge in [0.1, 0.15) is 5.69 Å². The summed E-state index contributed by atoms with van der Waals surface area (Å²) in [4.78, 5) is 18.3. The van der Waals surface area contributed by atoms with Crippen LogP contribution in [0.3, 0.4) is 0 Å². The number of benzene rings is 1. The smallest absolute Gasteiger partial charge is 0.361 e. The molecule has 0 saturated carbocycles. The van der Waals surface area contributed by atoms with Crippen LogP contribution in [0.25, 0.3) is 17.0 Å². The molecule has 3 rings (SSSR count). The summed E-state index contributed by atoms with van der Waals surface area (Å²) in [5.41, 5.74) is 1.02. The van der Waals surface area contributed by atoms with E-state index in [1.807, 2.05) is 18.2 Å². The van der Waals surface area contributed by atoms with E-state index in [1.54, 1.807) is 12.3 Å². The van der Waals surface area contributed by atoms with Gasteiger partial charge >= 0.3 is 6.18 Å². The first-order valence-corrected chi connectivity index (χ1v) is 7.01. The van der Waals surface area contributed by atoms with Gasteiger partial charge in [0.25, 0.3) is 0 Å². The number of hydrogen-bond acceptors (Lipinski definition) is 2. The molecule has 4 nitrogen and oxygen atoms in total. The molecule has 0 spiro atoms. The number of anilines is 1. The number of amides is 1. The number of alkyl halides is 3. The van der Waals surface area contributed by atoms with Crippen molar-refractivity contribution in [2.75, 3.05) is 5.32 Å². The summed E-state index contributed by atoms with van der Waals surface area (Å²) >= 11 is 0. The van der Waals surface area contributed by atoms with Gasteiger partial charge in [-0.1, -0.05) is 6.07 Å². The normalized spacial score (nSPS) is 12.0. The highest BCUT2D eigenvalue weighted by atomic mass is 19.4. The summed E-state index contributed by atoms with van der Waals surface area (Å²) in [7, 11) is 0. The molecule has 7 heteroatoms. The lowest BCUT2D eigenvalue weighted by Crippen LogP contribution is -2.08. The predicted octanol–water partition coefficient (Wildman–Crippen LogP) is 4.23. The second kappa shape index (κ2) is 6.19. The molecule has 0 aliphatic rings. The van der Waals surface area contributed by atoms with Gasteiger partial charge in [-0.25, -0.2) is 0 Å². The van der Waals surface area contributed by atoms with E-state index in [4.69, 9.17) is 0 Å². The maximum atomic E-state index is 12.4. The number of aromatic amines is 1. The second-order valence-electron chi connectivity index (χ2n) is 5.08. The van der Waals surface area contributed by atoms with E-state index in [9.17, 15) is 18.0 Å². The molecule has 3 aromatic rings. The maximum absolute atomic E-state index is 12.4. The van der Waals surface area contributed by atoms with Gasteiger partial charge in [0, 0.05) is 35.1 Å². The Morgan fingerprint density at radius 2 is 2.00 bits per heavy atom. The predicted molar refractivity (Wildman–Crippen MR) is 85.2 cm³/mol. The molecule has 2 N–H and O–H groups in total. The Balaban J connectivity index is 1.66. The summed E-state index contributed by atoms with van der Waals surface area (Å²) in [5.74, 6) is -0.384. The number of fused-ring (bicyclic) bond motifs is 1. The van der Waals surface area contributed by atoms with Crippen molar-refractivity contribution in [1.82, 2.24) is 9.97 Å². The van der Waals surface area contributed by atoms with E-state index in [-0.39, 0.29) is 5.91 Å². The minimum Gasteiger partial charge on any atom is -0.361 e. The van der Waals surface area contributed by atoms with Crippen LogP contribution in [-0.4, -0.2) is 15.9 Å². The minimum atomic E-state index is -4.48. The van der Waals surface area contributed by atoms with Crippen molar-refractivity contribution >= 4 is 28.6 Å². The van der Waals surface area contributed by atoms with Crippen molar-refractivity contribution < 1.29 is 18.0 Å². The fourth-order valence-electron chi connectivity index (χ4n) is 2.16. The molecule has 2 heterocycles. The van der Waals surface area contributed by atoms with Crippen LogP contribution in [0.5, 0.6) is 0 Å². The van der Waals surface area contributed by atoms with Gasteiger partial charge in [-0.3, -0.25) is 9.78 Å². The molecule has 0 aliphatic carbocycles. The zero-order valence-corrected chi connectivity index (χ0v) is 12.3. The van der Waals surface area contributed by atoms with Crippen molar-refractivity contribution in [2.45, 2.75) is 6.18 Å². The maximum Gasteiger partial charge on any atom is 0.433 e. The second-order valence-corrected chi connectivity index (χ2v) is 5.08. The molecule has 24 heavy (non-hydrogen) atoms. The molecule has 0 atom stereocenters. The topological polar surface area (TPSA) is 57.8 Å². The monoisotopic (exact) mass is 331 g/mol. The van der Waals surface area contributed by atoms with Crippen LogP contribution in [0, 0.1) is 0 Å². The first kappa shape index (κ1) is 15.8. The lowest BCUT2D eigenvalue weighted by Gasteiger charge is -2.05. The first-order valence-electron chi connectivity index (χ1n) is 7.01. The number of nitrogens with one attached hydrogen (secondary N) is 2. The van der Waals surface area contributed by atoms with E-state index in [0.29, 0.717) is 11.3 Å². The van der Waals surface area contributed by atoms with Crippen LogP contribution < -0.4 is 5.32 Å². The van der Waals surface area contributed by atoms with Crippen LogP contribution in [0.15, 0.2) is 54.9 Å². The Kier molecular flexibility index (Phi) is 4.07. The third kappa shape index (κ3) is 3.62. The molecular formula is C17H12F3N3O. The number of rotatable bonds is 3. The number of H-pyrrole nitrogens is 1. The van der Waals surface area contributed by atoms with E-state index in [2.05, 4.69) is 15.3 Å². The van der Waals surface area contributed by atoms with Gasteiger partial charge in [-0.2, -0.15) is 13.2 Å². The number of aromatic nitrogens is 2. The van der Waals surface area contributed by atoms with Gasteiger partial charge in [-0.15, -0.1) is 0 Å². The Labute approximate surface area is 135 Å². The first-order chi connectivity index (χ1) is 11.4. The SMILES string of the molecule is O=C(/C=C/c1ccc(C(F)(F)F)nc1)Nc1ccc2[nH]ccc2c1. The van der Waals surface area contributed by atoms with E-state index < -0.39 is 11.9 Å². The molecule has 0 bridgehead atoms. The van der Waals surface area contributed by atoms with E-state index in [1.165, 1.54) is 18.2 Å². The third-order valence-corrected chi connectivity index (χ3v) is 3.32. The Morgan fingerprint density at radius 3 is 2.71 bits per heavy atom. The summed E-state index contributed by atoms with van der Waals surface area (Å²) in [6.07, 6.45) is 1.03. The fraction of sp³-hybridized carbons (Fsp3) is 0.0588. The molecule has 1 aromatic carbocycles. The van der Waals surface area contributed by atoms with Crippen LogP contribution in [0.1, 0.15) is 11.3 Å². The van der Waals surface area contributed by atoms with E-state index >= 15 is 0 Å². The van der Waals surface area contributed by atoms with Crippen molar-refractivity contribution in [3.8, 4) is 0 Å². The average molecular weight is 331 g/mol. The van der Waals surface area contributed by atoms with Crippen LogP contribution in [-0.2, 0) is 11.0 Å². The van der Waals surface area contributed by atoms with Crippen molar-refractivity contribution in [2.24, 2.45) is 0 Å². The Morgan fingerprint density at radius 1 is 1.17 bits per heavy atom. The highest BCUT2D eigenvalue weighted by molar-refractivity contribution is 6.02. The summed E-state index contributed by atoms with van der Waals surface area (Å²) in [5, 5.41) is 3.65. The number of pyridine rings is 1. The molecule has 0 radical (unpaired) electrons. The zero-order valence-electron chi connectivity index (χ0n) is 12.3. The molecule has 122 valence electrons. The van der Waals surface area contributed by atoms with Crippen LogP contribution in [0.2, 0.25) is 0 Å². The largest absolute Gasteiger partial charge is 0.433 e. The van der Waals surface area contributed by atoms with Gasteiger partial charge in [0.2, 0.25) is 5.91 Å². The Hall–Kier alpha value is -3.09. The fourth-order valence-corrected chi connectivity index (χ4v) is 2.16. The van der Waals surface area contributed by atoms with Crippen LogP contribution in [0.4, 0.5) is 18.9 Å². The van der Waals surface area contributed by atoms with Gasteiger partial charge < -0.3 is 10.3 Å². The number of hydrogen-bond donors (Lipinski definition) is 2. The van der Waals surface area contributed by atoms with Gasteiger partial charge in [-0.05, 0) is 42.0 Å². The number of carbonyl (C=O) groups excluding carboxylic acids is 1. The molecule has 0 aliphatic heterocycles. The third-order valence-electron chi connectivity index (χ3n) is 3.32. The van der Waals surface area contributed by atoms with E-state index in [0.717, 1.165) is 23.2 Å². The number of nitrogens with zero attached hydrogens (tertiary/aromatic N) is 1. The lowest BCUT2D eigenvalue weighted by molar-refractivity contribution is -0.141. The molecule has 0 saturated heterocycles. The lowest BCUT2D eigenvalue weighted by atomic mass is 10.2. The van der Waals surface area contributed by atoms with Gasteiger partial charge in [0.05, 0.1) is 0 Å². The molecule has 0 unspecified atom stereocenters. The summed E-state index contributed by atoms with van der Waals surface area (Å²) in [6, 6.07) is 9.42. The van der Waals surface area contributed by atoms with Crippen molar-refractivity contribution in [1.29, 1.82) is 0 Å². The molecule has 1 amide bonds. The quantitative estimate of drug-likeness (QED) is 0.706. The Bertz CT molecular complexity index is 895. The van der Waals surface area contributed by atoms with Gasteiger partial charge in [0.15, 0.2) is 0 Å². The standard InChI is InChI=1S/C17H12F3N3O/c18-17(19,20)15-5-1-11(10-22-15)2-6-16(24)23-13-3-4-14-12(9-13)7-8-21-14/h1-10,21H,(H,23,24)/b6-2+. The van der Waals surface area contributed by atoms with Crippen LogP contribution >= 0.6 is 0 Å². The summed E-state index contributed by atoms with van der Waals surface area (Å²) < 4.78 is 37.3. The molecule has 2 aromatic heterocycles. The molecular weight excluding hydrogens is 319 g/mol. The number of carbonyl (C=O) groups is 1. The van der Waals surface area contributed by atoms with Crippen molar-refractivity contribution in [3.05, 3.63) is 66.1 Å². The number of halogens is 3. The van der Waals surface area contributed by atoms with Crippen molar-refractivity contribution in [3.63, 3.8) is 0 Å². The average Bonchev–Trinajstić information content (AvgIpc) is 3.00. The minimum absolute atomic E-state index is 0.384. The zero-order chi connectivity index (χ0) is 17.2. The highest BCUT2D eigenvalue weighted by Gasteiger charge is 2.31. The molecule has 0 fully saturated rings.